The Morgan fingerprint density at radius 2 is 2.53 bits per heavy atom. The smallest absolute Gasteiger partial charge is 0.253 e. The van der Waals surface area contributed by atoms with E-state index in [2.05, 4.69) is 23.7 Å². The largest absolute Gasteiger partial charge is 0.366 e. The van der Waals surface area contributed by atoms with Crippen LogP contribution < -0.4 is 5.32 Å². The minimum atomic E-state index is -0.303. The third-order valence-electron chi connectivity index (χ3n) is 3.97. The number of hydrogen-bond donors (Lipinski definition) is 1. The van der Waals surface area contributed by atoms with Crippen molar-refractivity contribution >= 4 is 17.2 Å². The average molecular weight is 280 g/mol. The van der Waals surface area contributed by atoms with Crippen molar-refractivity contribution < 1.29 is 9.53 Å². The number of thiophene rings is 1. The summed E-state index contributed by atoms with van der Waals surface area (Å²) in [5.41, 5.74) is 1.34. The van der Waals surface area contributed by atoms with Gasteiger partial charge in [0.15, 0.2) is 0 Å². The Hall–Kier alpha value is -0.910. The predicted octanol–water partition coefficient (Wildman–Crippen LogP) is 1.57. The second-order valence-electron chi connectivity index (χ2n) is 5.07. The molecule has 3 heterocycles. The van der Waals surface area contributed by atoms with E-state index in [1.807, 2.05) is 16.2 Å². The van der Waals surface area contributed by atoms with E-state index in [-0.39, 0.29) is 18.1 Å². The lowest BCUT2D eigenvalue weighted by Crippen LogP contribution is -2.51. The minimum Gasteiger partial charge on any atom is -0.366 e. The molecule has 1 fully saturated rings. The first kappa shape index (κ1) is 13.1. The molecule has 2 unspecified atom stereocenters. The first-order valence-electron chi connectivity index (χ1n) is 7.00. The van der Waals surface area contributed by atoms with Gasteiger partial charge >= 0.3 is 0 Å². The summed E-state index contributed by atoms with van der Waals surface area (Å²) in [6.07, 6.45) is 1.65. The summed E-state index contributed by atoms with van der Waals surface area (Å²) < 4.78 is 5.60. The second-order valence-corrected chi connectivity index (χ2v) is 6.07. The summed E-state index contributed by atoms with van der Waals surface area (Å²) in [5, 5.41) is 5.37. The van der Waals surface area contributed by atoms with Crippen molar-refractivity contribution in [1.29, 1.82) is 0 Å². The highest BCUT2D eigenvalue weighted by Crippen LogP contribution is 2.35. The molecule has 1 aromatic heterocycles. The van der Waals surface area contributed by atoms with Gasteiger partial charge in [0.1, 0.15) is 6.10 Å². The van der Waals surface area contributed by atoms with Crippen LogP contribution in [-0.4, -0.2) is 43.2 Å². The summed E-state index contributed by atoms with van der Waals surface area (Å²) >= 11 is 1.81. The maximum Gasteiger partial charge on any atom is 0.253 e. The first-order valence-corrected chi connectivity index (χ1v) is 7.88. The number of carbonyl (C=O) groups excluding carboxylic acids is 1. The quantitative estimate of drug-likeness (QED) is 0.894. The zero-order chi connectivity index (χ0) is 13.2. The molecule has 0 radical (unpaired) electrons. The Bertz CT molecular complexity index is 454. The lowest BCUT2D eigenvalue weighted by atomic mass is 9.97. The van der Waals surface area contributed by atoms with Crippen molar-refractivity contribution in [3.05, 3.63) is 21.9 Å². The van der Waals surface area contributed by atoms with Gasteiger partial charge in [0.2, 0.25) is 0 Å². The van der Waals surface area contributed by atoms with Gasteiger partial charge in [-0.15, -0.1) is 11.3 Å². The monoisotopic (exact) mass is 280 g/mol. The van der Waals surface area contributed by atoms with Gasteiger partial charge in [0.25, 0.3) is 5.91 Å². The molecule has 104 valence electrons. The fourth-order valence-electron chi connectivity index (χ4n) is 3.01. The molecule has 1 amide bonds. The molecule has 1 aromatic rings. The number of carbonyl (C=O) groups is 1. The van der Waals surface area contributed by atoms with Crippen molar-refractivity contribution in [2.75, 3.05) is 26.2 Å². The van der Waals surface area contributed by atoms with E-state index >= 15 is 0 Å². The number of hydrogen-bond acceptors (Lipinski definition) is 4. The third kappa shape index (κ3) is 2.42. The predicted molar refractivity (Wildman–Crippen MR) is 75.4 cm³/mol. The number of nitrogens with one attached hydrogen (secondary N) is 1. The molecule has 0 saturated carbocycles. The van der Waals surface area contributed by atoms with E-state index in [4.69, 9.17) is 4.74 Å². The van der Waals surface area contributed by atoms with Gasteiger partial charge in [0.05, 0.1) is 12.6 Å². The highest BCUT2D eigenvalue weighted by molar-refractivity contribution is 7.10. The van der Waals surface area contributed by atoms with Gasteiger partial charge < -0.3 is 15.0 Å². The number of morpholine rings is 1. The molecule has 2 atom stereocenters. The number of amides is 1. The molecule has 5 heteroatoms. The third-order valence-corrected chi connectivity index (χ3v) is 4.96. The van der Waals surface area contributed by atoms with Crippen LogP contribution in [0.3, 0.4) is 0 Å². The van der Waals surface area contributed by atoms with Crippen molar-refractivity contribution in [2.45, 2.75) is 31.9 Å². The Kier molecular flexibility index (Phi) is 3.86. The standard InChI is InChI=1S/C14H20N2O2S/c1-2-11-10-4-8-19-13(10)3-6-16(11)14(17)12-9-15-5-7-18-12/h4,8,11-12,15H,2-3,5-7,9H2,1H3. The van der Waals surface area contributed by atoms with Gasteiger partial charge in [-0.3, -0.25) is 4.79 Å². The van der Waals surface area contributed by atoms with Gasteiger partial charge in [-0.2, -0.15) is 0 Å². The number of rotatable bonds is 2. The summed E-state index contributed by atoms with van der Waals surface area (Å²) in [7, 11) is 0. The van der Waals surface area contributed by atoms with E-state index in [0.29, 0.717) is 13.2 Å². The Morgan fingerprint density at radius 3 is 3.26 bits per heavy atom. The average Bonchev–Trinajstić information content (AvgIpc) is 2.94. The lowest BCUT2D eigenvalue weighted by molar-refractivity contribution is -0.148. The van der Waals surface area contributed by atoms with Crippen molar-refractivity contribution in [3.63, 3.8) is 0 Å². The van der Waals surface area contributed by atoms with Crippen LogP contribution in [0.4, 0.5) is 0 Å². The van der Waals surface area contributed by atoms with E-state index < -0.39 is 0 Å². The van der Waals surface area contributed by atoms with Crippen LogP contribution in [0.5, 0.6) is 0 Å². The van der Waals surface area contributed by atoms with Crippen LogP contribution >= 0.6 is 11.3 Å². The molecular formula is C14H20N2O2S. The molecule has 1 N–H and O–H groups in total. The summed E-state index contributed by atoms with van der Waals surface area (Å²) in [4.78, 5) is 16.1. The fraction of sp³-hybridized carbons (Fsp3) is 0.643. The van der Waals surface area contributed by atoms with Crippen LogP contribution in [-0.2, 0) is 16.0 Å². The SMILES string of the molecule is CCC1c2ccsc2CCN1C(=O)C1CNCCO1. The molecule has 0 aromatic carbocycles. The highest BCUT2D eigenvalue weighted by Gasteiger charge is 2.34. The molecule has 2 aliphatic heterocycles. The molecule has 4 nitrogen and oxygen atoms in total. The van der Waals surface area contributed by atoms with E-state index in [9.17, 15) is 4.79 Å². The topological polar surface area (TPSA) is 41.6 Å². The lowest BCUT2D eigenvalue weighted by Gasteiger charge is -2.38. The van der Waals surface area contributed by atoms with Crippen LogP contribution in [0, 0.1) is 0 Å². The molecule has 3 rings (SSSR count). The molecule has 19 heavy (non-hydrogen) atoms. The van der Waals surface area contributed by atoms with Crippen LogP contribution in [0.2, 0.25) is 0 Å². The maximum atomic E-state index is 12.6. The maximum absolute atomic E-state index is 12.6. The fourth-order valence-corrected chi connectivity index (χ4v) is 3.94. The summed E-state index contributed by atoms with van der Waals surface area (Å²) in [6, 6.07) is 2.40. The van der Waals surface area contributed by atoms with E-state index in [0.717, 1.165) is 25.9 Å². The van der Waals surface area contributed by atoms with Gasteiger partial charge in [-0.05, 0) is 29.9 Å². The highest BCUT2D eigenvalue weighted by atomic mass is 32.1. The van der Waals surface area contributed by atoms with Gasteiger partial charge in [0, 0.05) is 24.5 Å². The summed E-state index contributed by atoms with van der Waals surface area (Å²) in [5.74, 6) is 0.149. The van der Waals surface area contributed by atoms with Crippen LogP contribution in [0.15, 0.2) is 11.4 Å². The molecule has 0 aliphatic carbocycles. The molecule has 2 aliphatic rings. The second kappa shape index (κ2) is 5.61. The number of ether oxygens (including phenoxy) is 1. The van der Waals surface area contributed by atoms with Crippen molar-refractivity contribution in [1.82, 2.24) is 10.2 Å². The molecule has 0 bridgehead atoms. The van der Waals surface area contributed by atoms with E-state index in [1.165, 1.54) is 10.4 Å². The normalized spacial score (nSPS) is 27.1. The van der Waals surface area contributed by atoms with Crippen molar-refractivity contribution in [2.24, 2.45) is 0 Å². The zero-order valence-electron chi connectivity index (χ0n) is 11.2. The summed E-state index contributed by atoms with van der Waals surface area (Å²) in [6.45, 7) is 5.09. The molecule has 0 spiro atoms. The molecule has 1 saturated heterocycles. The van der Waals surface area contributed by atoms with Crippen LogP contribution in [0.1, 0.15) is 29.8 Å². The Morgan fingerprint density at radius 1 is 1.63 bits per heavy atom. The number of fused-ring (bicyclic) bond motifs is 1. The minimum absolute atomic E-state index is 0.149. The van der Waals surface area contributed by atoms with Crippen LogP contribution in [0.25, 0.3) is 0 Å². The van der Waals surface area contributed by atoms with Gasteiger partial charge in [-0.1, -0.05) is 6.92 Å². The zero-order valence-corrected chi connectivity index (χ0v) is 12.0. The molecular weight excluding hydrogens is 260 g/mol. The van der Waals surface area contributed by atoms with Gasteiger partial charge in [-0.25, -0.2) is 0 Å². The first-order chi connectivity index (χ1) is 9.31. The Balaban J connectivity index is 1.78. The van der Waals surface area contributed by atoms with Crippen molar-refractivity contribution in [3.8, 4) is 0 Å². The number of nitrogens with zero attached hydrogens (tertiary/aromatic N) is 1. The Labute approximate surface area is 117 Å². The van der Waals surface area contributed by atoms with E-state index in [1.54, 1.807) is 0 Å².